The zero-order valence-electron chi connectivity index (χ0n) is 12.1. The molecule has 114 valence electrons. The number of amides is 1. The highest BCUT2D eigenvalue weighted by molar-refractivity contribution is 5.75. The first kappa shape index (κ1) is 15.5. The Bertz CT molecular complexity index is 676. The van der Waals surface area contributed by atoms with E-state index in [1.807, 2.05) is 6.07 Å². The van der Waals surface area contributed by atoms with Crippen LogP contribution in [-0.2, 0) is 16.1 Å². The predicted molar refractivity (Wildman–Crippen MR) is 79.3 cm³/mol. The topological polar surface area (TPSA) is 105 Å². The zero-order valence-corrected chi connectivity index (χ0v) is 12.1. The maximum Gasteiger partial charge on any atom is 0.241 e. The van der Waals surface area contributed by atoms with Gasteiger partial charge in [0.2, 0.25) is 5.91 Å². The predicted octanol–water partition coefficient (Wildman–Crippen LogP) is 0.656. The number of carbonyl (C=O) groups is 1. The molecule has 0 aliphatic heterocycles. The largest absolute Gasteiger partial charge is 0.383 e. The van der Waals surface area contributed by atoms with Crippen molar-refractivity contribution in [3.8, 4) is 6.07 Å². The van der Waals surface area contributed by atoms with E-state index in [0.29, 0.717) is 30.4 Å². The number of anilines is 2. The molecule has 8 heteroatoms. The third-order valence-electron chi connectivity index (χ3n) is 2.70. The van der Waals surface area contributed by atoms with Gasteiger partial charge < -0.3 is 15.4 Å². The van der Waals surface area contributed by atoms with E-state index < -0.39 is 0 Å². The molecule has 0 bridgehead atoms. The molecule has 0 spiro atoms. The molecule has 0 saturated carbocycles. The van der Waals surface area contributed by atoms with Gasteiger partial charge in [-0.25, -0.2) is 4.98 Å². The monoisotopic (exact) mass is 300 g/mol. The quantitative estimate of drug-likeness (QED) is 0.728. The molecule has 2 heterocycles. The summed E-state index contributed by atoms with van der Waals surface area (Å²) >= 11 is 0. The number of nitrogens with one attached hydrogen (secondary N) is 2. The Balaban J connectivity index is 1.91. The highest BCUT2D eigenvalue weighted by Gasteiger charge is 2.05. The Hall–Kier alpha value is -2.92. The summed E-state index contributed by atoms with van der Waals surface area (Å²) in [6.07, 6.45) is 3.28. The van der Waals surface area contributed by atoms with Crippen molar-refractivity contribution in [1.82, 2.24) is 20.1 Å². The molecule has 0 saturated heterocycles. The highest BCUT2D eigenvalue weighted by Crippen LogP contribution is 2.13. The number of carbonyl (C=O) groups excluding carboxylic acids is 1. The van der Waals surface area contributed by atoms with E-state index in [1.165, 1.54) is 4.68 Å². The lowest BCUT2D eigenvalue weighted by atomic mass is 10.3. The number of aromatic nitrogens is 3. The van der Waals surface area contributed by atoms with E-state index in [9.17, 15) is 4.79 Å². The second-order valence-corrected chi connectivity index (χ2v) is 4.41. The summed E-state index contributed by atoms with van der Waals surface area (Å²) in [7, 11) is 1.58. The highest BCUT2D eigenvalue weighted by atomic mass is 16.5. The summed E-state index contributed by atoms with van der Waals surface area (Å²) in [5.74, 6) is 0.402. The minimum absolute atomic E-state index is 0.122. The van der Waals surface area contributed by atoms with Crippen molar-refractivity contribution in [3.63, 3.8) is 0 Å². The minimum Gasteiger partial charge on any atom is -0.383 e. The summed E-state index contributed by atoms with van der Waals surface area (Å²) in [5.41, 5.74) is 1.02. The van der Waals surface area contributed by atoms with Crippen LogP contribution < -0.4 is 10.6 Å². The van der Waals surface area contributed by atoms with Gasteiger partial charge in [0, 0.05) is 19.9 Å². The number of nitrogens with zero attached hydrogens (tertiary/aromatic N) is 4. The van der Waals surface area contributed by atoms with Crippen molar-refractivity contribution in [3.05, 3.63) is 36.3 Å². The van der Waals surface area contributed by atoms with E-state index in [1.54, 1.807) is 37.7 Å². The number of ether oxygens (including phenoxy) is 1. The second-order valence-electron chi connectivity index (χ2n) is 4.41. The SMILES string of the molecule is COCCNC(=O)Cn1cc(Nc2cccc(C#N)n2)cn1. The molecule has 0 aliphatic rings. The normalized spacial score (nSPS) is 10.0. The lowest BCUT2D eigenvalue weighted by Gasteiger charge is -2.04. The van der Waals surface area contributed by atoms with E-state index >= 15 is 0 Å². The molecule has 0 aromatic carbocycles. The van der Waals surface area contributed by atoms with Crippen molar-refractivity contribution in [2.75, 3.05) is 25.6 Å². The number of pyridine rings is 1. The molecular formula is C14H16N6O2. The molecule has 8 nitrogen and oxygen atoms in total. The first-order valence-electron chi connectivity index (χ1n) is 6.63. The van der Waals surface area contributed by atoms with Crippen LogP contribution in [0, 0.1) is 11.3 Å². The van der Waals surface area contributed by atoms with Gasteiger partial charge in [0.15, 0.2) is 0 Å². The lowest BCUT2D eigenvalue weighted by molar-refractivity contribution is -0.122. The Morgan fingerprint density at radius 2 is 2.36 bits per heavy atom. The van der Waals surface area contributed by atoms with Gasteiger partial charge in [-0.2, -0.15) is 10.4 Å². The molecule has 0 atom stereocenters. The molecule has 0 aliphatic carbocycles. The van der Waals surface area contributed by atoms with Crippen molar-refractivity contribution in [2.45, 2.75) is 6.54 Å². The first-order chi connectivity index (χ1) is 10.7. The number of methoxy groups -OCH3 is 1. The van der Waals surface area contributed by atoms with Crippen LogP contribution in [0.3, 0.4) is 0 Å². The van der Waals surface area contributed by atoms with Crippen molar-refractivity contribution in [1.29, 1.82) is 5.26 Å². The molecule has 2 rings (SSSR count). The number of hydrogen-bond donors (Lipinski definition) is 2. The standard InChI is InChI=1S/C14H16N6O2/c1-22-6-5-16-14(21)10-20-9-12(8-17-20)19-13-4-2-3-11(7-15)18-13/h2-4,8-9H,5-6,10H2,1H3,(H,16,21)(H,18,19). The van der Waals surface area contributed by atoms with Crippen LogP contribution in [-0.4, -0.2) is 40.9 Å². The Kier molecular flexibility index (Phi) is 5.45. The molecule has 1 amide bonds. The molecule has 22 heavy (non-hydrogen) atoms. The summed E-state index contributed by atoms with van der Waals surface area (Å²) in [6, 6.07) is 7.08. The van der Waals surface area contributed by atoms with Crippen molar-refractivity contribution < 1.29 is 9.53 Å². The van der Waals surface area contributed by atoms with Crippen LogP contribution in [0.2, 0.25) is 0 Å². The fraction of sp³-hybridized carbons (Fsp3) is 0.286. The van der Waals surface area contributed by atoms with Crippen LogP contribution in [0.1, 0.15) is 5.69 Å². The van der Waals surface area contributed by atoms with Gasteiger partial charge >= 0.3 is 0 Å². The van der Waals surface area contributed by atoms with E-state index in [0.717, 1.165) is 0 Å². The van der Waals surface area contributed by atoms with Crippen molar-refractivity contribution in [2.24, 2.45) is 0 Å². The molecular weight excluding hydrogens is 284 g/mol. The lowest BCUT2D eigenvalue weighted by Crippen LogP contribution is -2.30. The van der Waals surface area contributed by atoms with Crippen molar-refractivity contribution >= 4 is 17.4 Å². The molecule has 2 aromatic heterocycles. The van der Waals surface area contributed by atoms with Gasteiger partial charge in [0.25, 0.3) is 0 Å². The number of rotatable bonds is 7. The Morgan fingerprint density at radius 1 is 1.50 bits per heavy atom. The summed E-state index contributed by atoms with van der Waals surface area (Å²) in [5, 5.41) is 18.6. The Labute approximate surface area is 127 Å². The maximum atomic E-state index is 11.6. The van der Waals surface area contributed by atoms with E-state index in [4.69, 9.17) is 10.00 Å². The maximum absolute atomic E-state index is 11.6. The fourth-order valence-corrected chi connectivity index (χ4v) is 1.72. The van der Waals surface area contributed by atoms with Crippen LogP contribution >= 0.6 is 0 Å². The zero-order chi connectivity index (χ0) is 15.8. The first-order valence-corrected chi connectivity index (χ1v) is 6.63. The fourth-order valence-electron chi connectivity index (χ4n) is 1.72. The molecule has 2 N–H and O–H groups in total. The van der Waals surface area contributed by atoms with E-state index in [2.05, 4.69) is 20.7 Å². The molecule has 0 unspecified atom stereocenters. The summed E-state index contributed by atoms with van der Waals surface area (Å²) in [4.78, 5) is 15.7. The van der Waals surface area contributed by atoms with Crippen LogP contribution in [0.5, 0.6) is 0 Å². The molecule has 0 fully saturated rings. The van der Waals surface area contributed by atoms with Crippen LogP contribution in [0.4, 0.5) is 11.5 Å². The summed E-state index contributed by atoms with van der Waals surface area (Å²) < 4.78 is 6.37. The minimum atomic E-state index is -0.142. The average Bonchev–Trinajstić information content (AvgIpc) is 2.94. The van der Waals surface area contributed by atoms with Gasteiger partial charge in [-0.3, -0.25) is 9.48 Å². The van der Waals surface area contributed by atoms with E-state index in [-0.39, 0.29) is 12.5 Å². The second kappa shape index (κ2) is 7.75. The van der Waals surface area contributed by atoms with Gasteiger partial charge in [0.1, 0.15) is 24.1 Å². The third kappa shape index (κ3) is 4.57. The van der Waals surface area contributed by atoms with Crippen LogP contribution in [0.15, 0.2) is 30.6 Å². The van der Waals surface area contributed by atoms with Gasteiger partial charge in [-0.05, 0) is 12.1 Å². The van der Waals surface area contributed by atoms with Gasteiger partial charge in [-0.15, -0.1) is 0 Å². The van der Waals surface area contributed by atoms with Gasteiger partial charge in [-0.1, -0.05) is 6.07 Å². The Morgan fingerprint density at radius 3 is 3.14 bits per heavy atom. The molecule has 0 radical (unpaired) electrons. The average molecular weight is 300 g/mol. The summed E-state index contributed by atoms with van der Waals surface area (Å²) in [6.45, 7) is 1.06. The third-order valence-corrected chi connectivity index (χ3v) is 2.70. The molecule has 2 aromatic rings. The smallest absolute Gasteiger partial charge is 0.241 e. The van der Waals surface area contributed by atoms with Gasteiger partial charge in [0.05, 0.1) is 18.5 Å². The van der Waals surface area contributed by atoms with Crippen LogP contribution in [0.25, 0.3) is 0 Å². The number of hydrogen-bond acceptors (Lipinski definition) is 6. The number of nitriles is 1.